The molecule has 224 valence electrons. The number of carbonyl (C=O) groups excluding carboxylic acids is 1. The van der Waals surface area contributed by atoms with E-state index in [1.54, 1.807) is 24.4 Å². The van der Waals surface area contributed by atoms with E-state index in [4.69, 9.17) is 14.5 Å². The van der Waals surface area contributed by atoms with Crippen molar-refractivity contribution in [2.45, 2.75) is 40.5 Å². The van der Waals surface area contributed by atoms with Crippen LogP contribution in [-0.2, 0) is 4.79 Å². The van der Waals surface area contributed by atoms with E-state index in [2.05, 4.69) is 30.3 Å². The van der Waals surface area contributed by atoms with Crippen LogP contribution in [-0.4, -0.2) is 35.0 Å². The third-order valence-electron chi connectivity index (χ3n) is 7.26. The van der Waals surface area contributed by atoms with Crippen molar-refractivity contribution in [1.29, 1.82) is 0 Å². The molecule has 0 bridgehead atoms. The van der Waals surface area contributed by atoms with Crippen LogP contribution in [0.4, 0.5) is 5.69 Å². The molecule has 0 radical (unpaired) electrons. The van der Waals surface area contributed by atoms with Crippen LogP contribution < -0.4 is 20.3 Å². The van der Waals surface area contributed by atoms with Gasteiger partial charge in [-0.05, 0) is 104 Å². The van der Waals surface area contributed by atoms with Gasteiger partial charge >= 0.3 is 0 Å². The molecule has 0 spiro atoms. The van der Waals surface area contributed by atoms with Gasteiger partial charge in [0.05, 0.1) is 23.7 Å². The number of aromatic nitrogens is 2. The van der Waals surface area contributed by atoms with Crippen molar-refractivity contribution in [3.8, 4) is 22.9 Å². The summed E-state index contributed by atoms with van der Waals surface area (Å²) in [4.78, 5) is 31.0. The lowest BCUT2D eigenvalue weighted by Gasteiger charge is -2.18. The lowest BCUT2D eigenvalue weighted by molar-refractivity contribution is -0.118. The lowest BCUT2D eigenvalue weighted by atomic mass is 9.96. The van der Waals surface area contributed by atoms with E-state index in [-0.39, 0.29) is 24.0 Å². The first kappa shape index (κ1) is 30.2. The number of carbonyl (C=O) groups is 1. The van der Waals surface area contributed by atoms with Crippen LogP contribution in [0.3, 0.4) is 0 Å². The highest BCUT2D eigenvalue weighted by atomic mass is 16.5. The molecular formula is C36H36N4O4. The Hall–Kier alpha value is -5.24. The number of anilines is 1. The molecule has 0 fully saturated rings. The van der Waals surface area contributed by atoms with E-state index in [1.807, 2.05) is 81.4 Å². The Bertz CT molecular complexity index is 1890. The summed E-state index contributed by atoms with van der Waals surface area (Å²) < 4.78 is 13.0. The predicted molar refractivity (Wildman–Crippen MR) is 176 cm³/mol. The fourth-order valence-corrected chi connectivity index (χ4v) is 4.90. The molecule has 0 aliphatic heterocycles. The fourth-order valence-electron chi connectivity index (χ4n) is 4.90. The first-order valence-electron chi connectivity index (χ1n) is 14.7. The van der Waals surface area contributed by atoms with E-state index >= 15 is 0 Å². The summed E-state index contributed by atoms with van der Waals surface area (Å²) in [5.41, 5.74) is 5.60. The number of nitrogens with zero attached hydrogens (tertiary/aromatic N) is 3. The second-order valence-electron chi connectivity index (χ2n) is 10.8. The predicted octanol–water partition coefficient (Wildman–Crippen LogP) is 7.10. The van der Waals surface area contributed by atoms with Gasteiger partial charge in [-0.2, -0.15) is 9.78 Å². The second kappa shape index (κ2) is 13.4. The average Bonchev–Trinajstić information content (AvgIpc) is 3.01. The highest BCUT2D eigenvalue weighted by Gasteiger charge is 2.18. The molecule has 44 heavy (non-hydrogen) atoms. The smallest absolute Gasteiger partial charge is 0.282 e. The van der Waals surface area contributed by atoms with Crippen LogP contribution in [0.5, 0.6) is 11.5 Å². The molecule has 0 saturated carbocycles. The van der Waals surface area contributed by atoms with E-state index in [9.17, 15) is 9.59 Å². The molecule has 0 aliphatic rings. The van der Waals surface area contributed by atoms with Gasteiger partial charge in [-0.3, -0.25) is 9.59 Å². The molecule has 5 aromatic rings. The molecule has 0 atom stereocenters. The summed E-state index contributed by atoms with van der Waals surface area (Å²) in [5, 5.41) is 7.96. The zero-order valence-corrected chi connectivity index (χ0v) is 25.6. The Kier molecular flexibility index (Phi) is 9.19. The molecule has 0 unspecified atom stereocenters. The molecule has 0 saturated heterocycles. The van der Waals surface area contributed by atoms with Crippen LogP contribution >= 0.6 is 0 Å². The largest absolute Gasteiger partial charge is 0.494 e. The van der Waals surface area contributed by atoms with Gasteiger partial charge in [0.1, 0.15) is 11.5 Å². The molecule has 5 rings (SSSR count). The van der Waals surface area contributed by atoms with E-state index in [0.29, 0.717) is 29.1 Å². The molecule has 4 aromatic carbocycles. The Balaban J connectivity index is 1.43. The Morgan fingerprint density at radius 1 is 0.955 bits per heavy atom. The minimum atomic E-state index is -0.263. The second-order valence-corrected chi connectivity index (χ2v) is 10.8. The SMILES string of the molecule is CCOc1cc(C)c(-c2nc3ccccc3c(=O)n2N=Cc2ccc(OCC(=O)Nc3ccccc3C)cc2)cc1C(C)C. The molecule has 0 aliphatic carbocycles. The Morgan fingerprint density at radius 3 is 2.41 bits per heavy atom. The average molecular weight is 589 g/mol. The van der Waals surface area contributed by atoms with Crippen LogP contribution in [0.25, 0.3) is 22.3 Å². The zero-order chi connectivity index (χ0) is 31.2. The first-order valence-corrected chi connectivity index (χ1v) is 14.7. The number of para-hydroxylation sites is 2. The summed E-state index contributed by atoms with van der Waals surface area (Å²) in [5.74, 6) is 1.78. The summed E-state index contributed by atoms with van der Waals surface area (Å²) in [7, 11) is 0. The summed E-state index contributed by atoms with van der Waals surface area (Å²) in [6.07, 6.45) is 1.61. The topological polar surface area (TPSA) is 94.8 Å². The molecule has 1 amide bonds. The third-order valence-corrected chi connectivity index (χ3v) is 7.26. The fraction of sp³-hybridized carbons (Fsp3) is 0.222. The van der Waals surface area contributed by atoms with Gasteiger partial charge in [0.2, 0.25) is 0 Å². The normalized spacial score (nSPS) is 11.3. The number of hydrogen-bond donors (Lipinski definition) is 1. The van der Waals surface area contributed by atoms with Crippen molar-refractivity contribution in [3.63, 3.8) is 0 Å². The number of fused-ring (bicyclic) bond motifs is 1. The van der Waals surface area contributed by atoms with Gasteiger partial charge in [0.15, 0.2) is 12.4 Å². The highest BCUT2D eigenvalue weighted by molar-refractivity contribution is 5.92. The van der Waals surface area contributed by atoms with Crippen molar-refractivity contribution in [2.75, 3.05) is 18.5 Å². The first-order chi connectivity index (χ1) is 21.2. The number of hydrogen-bond acceptors (Lipinski definition) is 6. The molecule has 8 nitrogen and oxygen atoms in total. The van der Waals surface area contributed by atoms with Crippen LogP contribution in [0.15, 0.2) is 94.8 Å². The standard InChI is InChI=1S/C36H36N4O4/c1-6-43-33-19-25(5)30(20-29(33)23(2)3)35-39-32-14-10-8-12-28(32)36(42)40(35)37-21-26-15-17-27(18-16-26)44-22-34(41)38-31-13-9-7-11-24(31)4/h7-21,23H,6,22H2,1-5H3,(H,38,41). The van der Waals surface area contributed by atoms with Crippen molar-refractivity contribution >= 4 is 28.7 Å². The van der Waals surface area contributed by atoms with Crippen LogP contribution in [0.1, 0.15) is 48.9 Å². The molecular weight excluding hydrogens is 552 g/mol. The van der Waals surface area contributed by atoms with Gasteiger partial charge in [0.25, 0.3) is 11.5 Å². The van der Waals surface area contributed by atoms with Crippen molar-refractivity contribution in [2.24, 2.45) is 5.10 Å². The summed E-state index contributed by atoms with van der Waals surface area (Å²) >= 11 is 0. The third kappa shape index (κ3) is 6.70. The molecule has 8 heteroatoms. The molecule has 1 aromatic heterocycles. The maximum absolute atomic E-state index is 13.7. The van der Waals surface area contributed by atoms with Gasteiger partial charge in [-0.1, -0.05) is 44.2 Å². The van der Waals surface area contributed by atoms with Gasteiger partial charge < -0.3 is 14.8 Å². The van der Waals surface area contributed by atoms with Crippen molar-refractivity contribution < 1.29 is 14.3 Å². The van der Waals surface area contributed by atoms with Gasteiger partial charge in [-0.25, -0.2) is 4.98 Å². The number of benzene rings is 4. The maximum Gasteiger partial charge on any atom is 0.282 e. The summed E-state index contributed by atoms with van der Waals surface area (Å²) in [6, 6.07) is 26.1. The number of nitrogens with one attached hydrogen (secondary N) is 1. The van der Waals surface area contributed by atoms with Gasteiger partial charge in [-0.15, -0.1) is 0 Å². The zero-order valence-electron chi connectivity index (χ0n) is 25.6. The molecule has 1 heterocycles. The van der Waals surface area contributed by atoms with Gasteiger partial charge in [0, 0.05) is 11.3 Å². The van der Waals surface area contributed by atoms with Crippen molar-refractivity contribution in [1.82, 2.24) is 9.66 Å². The number of ether oxygens (including phenoxy) is 2. The quantitative estimate of drug-likeness (QED) is 0.176. The van der Waals surface area contributed by atoms with E-state index in [0.717, 1.165) is 39.3 Å². The Labute approximate surface area is 257 Å². The lowest BCUT2D eigenvalue weighted by Crippen LogP contribution is -2.21. The minimum Gasteiger partial charge on any atom is -0.494 e. The van der Waals surface area contributed by atoms with Crippen molar-refractivity contribution in [3.05, 3.63) is 118 Å². The monoisotopic (exact) mass is 588 g/mol. The number of aryl methyl sites for hydroxylation is 2. The highest BCUT2D eigenvalue weighted by Crippen LogP contribution is 2.34. The summed E-state index contributed by atoms with van der Waals surface area (Å²) in [6.45, 7) is 10.5. The number of rotatable bonds is 10. The maximum atomic E-state index is 13.7. The van der Waals surface area contributed by atoms with E-state index < -0.39 is 0 Å². The minimum absolute atomic E-state index is 0.122. The number of amides is 1. The van der Waals surface area contributed by atoms with E-state index in [1.165, 1.54) is 4.68 Å². The van der Waals surface area contributed by atoms with Crippen LogP contribution in [0.2, 0.25) is 0 Å². The van der Waals surface area contributed by atoms with Crippen LogP contribution in [0, 0.1) is 13.8 Å². The Morgan fingerprint density at radius 2 is 1.68 bits per heavy atom. The molecule has 1 N–H and O–H groups in total.